The summed E-state index contributed by atoms with van der Waals surface area (Å²) in [5.41, 5.74) is 2.48. The third kappa shape index (κ3) is 7.20. The van der Waals surface area contributed by atoms with E-state index in [0.29, 0.717) is 30.6 Å². The second-order valence-corrected chi connectivity index (χ2v) is 9.08. The van der Waals surface area contributed by atoms with Gasteiger partial charge in [0.15, 0.2) is 0 Å². The summed E-state index contributed by atoms with van der Waals surface area (Å²) in [5, 5.41) is 5.78. The Balaban J connectivity index is 1.27. The molecular formula is C28H33N5O2. The van der Waals surface area contributed by atoms with Crippen molar-refractivity contribution in [3.8, 4) is 0 Å². The summed E-state index contributed by atoms with van der Waals surface area (Å²) in [6.45, 7) is 1.28. The van der Waals surface area contributed by atoms with E-state index in [2.05, 4.69) is 62.9 Å². The molecule has 0 radical (unpaired) electrons. The summed E-state index contributed by atoms with van der Waals surface area (Å²) >= 11 is 0. The van der Waals surface area contributed by atoms with Crippen LogP contribution in [-0.4, -0.2) is 52.4 Å². The van der Waals surface area contributed by atoms with E-state index in [-0.39, 0.29) is 11.8 Å². The van der Waals surface area contributed by atoms with Crippen molar-refractivity contribution in [3.05, 3.63) is 96.1 Å². The molecule has 7 nitrogen and oxygen atoms in total. The van der Waals surface area contributed by atoms with Gasteiger partial charge in [-0.3, -0.25) is 19.6 Å². The van der Waals surface area contributed by atoms with E-state index in [4.69, 9.17) is 0 Å². The van der Waals surface area contributed by atoms with Crippen LogP contribution in [-0.2, 0) is 11.3 Å². The van der Waals surface area contributed by atoms with Crippen LogP contribution in [0.2, 0.25) is 0 Å². The summed E-state index contributed by atoms with van der Waals surface area (Å²) in [6.07, 6.45) is 6.81. The van der Waals surface area contributed by atoms with E-state index in [1.165, 1.54) is 12.0 Å². The first-order valence-corrected chi connectivity index (χ1v) is 12.3. The van der Waals surface area contributed by atoms with Crippen molar-refractivity contribution < 1.29 is 9.59 Å². The molecule has 1 aromatic carbocycles. The van der Waals surface area contributed by atoms with Crippen molar-refractivity contribution in [3.63, 3.8) is 0 Å². The van der Waals surface area contributed by atoms with Crippen molar-refractivity contribution >= 4 is 11.8 Å². The fourth-order valence-electron chi connectivity index (χ4n) is 4.40. The number of hydrogen-bond donors (Lipinski definition) is 2. The Labute approximate surface area is 207 Å². The van der Waals surface area contributed by atoms with Crippen molar-refractivity contribution in [2.75, 3.05) is 13.6 Å². The molecule has 3 atom stereocenters. The van der Waals surface area contributed by atoms with Gasteiger partial charge in [-0.05, 0) is 69.1 Å². The van der Waals surface area contributed by atoms with Crippen molar-refractivity contribution in [1.29, 1.82) is 0 Å². The summed E-state index contributed by atoms with van der Waals surface area (Å²) in [6, 6.07) is 21.4. The Kier molecular flexibility index (Phi) is 8.57. The molecule has 2 N–H and O–H groups in total. The molecule has 2 aromatic heterocycles. The van der Waals surface area contributed by atoms with Crippen LogP contribution < -0.4 is 10.6 Å². The van der Waals surface area contributed by atoms with Gasteiger partial charge in [0.05, 0.1) is 12.2 Å². The highest BCUT2D eigenvalue weighted by Crippen LogP contribution is 2.44. The fraction of sp³-hybridized carbons (Fsp3) is 0.357. The topological polar surface area (TPSA) is 87.2 Å². The smallest absolute Gasteiger partial charge is 0.270 e. The van der Waals surface area contributed by atoms with E-state index in [0.717, 1.165) is 25.1 Å². The highest BCUT2D eigenvalue weighted by molar-refractivity contribution is 5.96. The summed E-state index contributed by atoms with van der Waals surface area (Å²) in [4.78, 5) is 36.4. The Hall–Kier alpha value is -3.58. The molecular weight excluding hydrogens is 438 g/mol. The first-order valence-electron chi connectivity index (χ1n) is 12.3. The van der Waals surface area contributed by atoms with E-state index in [1.807, 2.05) is 18.2 Å². The van der Waals surface area contributed by atoms with Gasteiger partial charge in [0, 0.05) is 24.4 Å². The minimum absolute atomic E-state index is 0.209. The number of rotatable bonds is 12. The van der Waals surface area contributed by atoms with Gasteiger partial charge in [0.2, 0.25) is 5.91 Å². The van der Waals surface area contributed by atoms with Crippen LogP contribution in [0.5, 0.6) is 0 Å². The predicted molar refractivity (Wildman–Crippen MR) is 136 cm³/mol. The van der Waals surface area contributed by atoms with Gasteiger partial charge in [-0.1, -0.05) is 42.5 Å². The quantitative estimate of drug-likeness (QED) is 0.395. The number of carbonyl (C=O) groups is 2. The maximum atomic E-state index is 12.9. The van der Waals surface area contributed by atoms with Gasteiger partial charge in [-0.25, -0.2) is 0 Å². The summed E-state index contributed by atoms with van der Waals surface area (Å²) in [5.74, 6) is 0.0630. The summed E-state index contributed by atoms with van der Waals surface area (Å²) < 4.78 is 0. The van der Waals surface area contributed by atoms with Gasteiger partial charge in [-0.15, -0.1) is 0 Å². The van der Waals surface area contributed by atoms with Crippen LogP contribution >= 0.6 is 0 Å². The minimum Gasteiger partial charge on any atom is -0.349 e. The Bertz CT molecular complexity index is 1080. The molecule has 0 aliphatic heterocycles. The van der Waals surface area contributed by atoms with E-state index in [9.17, 15) is 9.59 Å². The van der Waals surface area contributed by atoms with Crippen LogP contribution in [0.25, 0.3) is 0 Å². The van der Waals surface area contributed by atoms with Crippen LogP contribution in [0.4, 0.5) is 0 Å². The normalized spacial score (nSPS) is 17.5. The Morgan fingerprint density at radius 3 is 2.43 bits per heavy atom. The number of nitrogens with zero attached hydrogens (tertiary/aromatic N) is 3. The zero-order chi connectivity index (χ0) is 24.5. The van der Waals surface area contributed by atoms with Crippen LogP contribution in [0.3, 0.4) is 0 Å². The zero-order valence-corrected chi connectivity index (χ0v) is 20.1. The van der Waals surface area contributed by atoms with Crippen molar-refractivity contribution in [2.45, 2.75) is 50.2 Å². The molecule has 0 spiro atoms. The molecule has 1 aliphatic carbocycles. The number of amides is 2. The molecule has 3 aromatic rings. The van der Waals surface area contributed by atoms with Crippen molar-refractivity contribution in [1.82, 2.24) is 25.5 Å². The van der Waals surface area contributed by atoms with E-state index < -0.39 is 6.04 Å². The largest absolute Gasteiger partial charge is 0.349 e. The Morgan fingerprint density at radius 1 is 0.971 bits per heavy atom. The number of likely N-dealkylation sites (N-methyl/N-ethyl adjacent to an activating group) is 1. The molecule has 1 fully saturated rings. The first-order chi connectivity index (χ1) is 17.1. The van der Waals surface area contributed by atoms with Crippen LogP contribution in [0.15, 0.2) is 79.1 Å². The zero-order valence-electron chi connectivity index (χ0n) is 20.1. The molecule has 1 aliphatic rings. The van der Waals surface area contributed by atoms with Gasteiger partial charge in [0.25, 0.3) is 5.91 Å². The number of carbonyl (C=O) groups excluding carboxylic acids is 2. The molecule has 0 bridgehead atoms. The molecule has 2 heterocycles. The second kappa shape index (κ2) is 12.2. The number of nitrogens with one attached hydrogen (secondary N) is 2. The van der Waals surface area contributed by atoms with E-state index >= 15 is 0 Å². The third-order valence-electron chi connectivity index (χ3n) is 6.49. The minimum atomic E-state index is -0.628. The number of hydrogen-bond acceptors (Lipinski definition) is 5. The number of pyridine rings is 2. The lowest BCUT2D eigenvalue weighted by Crippen LogP contribution is -2.46. The standard InChI is InChI=1S/C28H33N5O2/c1-33(26-19-23(26)21-11-3-2-4-12-21)18-10-7-15-25(32-28(35)24-14-6-9-17-30-24)27(34)31-20-22-13-5-8-16-29-22/h2-6,8-9,11-14,16-17,23,25-26H,7,10,15,18-20H2,1H3,(H,31,34)(H,32,35). The number of unbranched alkanes of at least 4 members (excludes halogenated alkanes) is 1. The lowest BCUT2D eigenvalue weighted by Gasteiger charge is -2.20. The molecule has 0 saturated heterocycles. The molecule has 35 heavy (non-hydrogen) atoms. The maximum Gasteiger partial charge on any atom is 0.270 e. The van der Waals surface area contributed by atoms with Gasteiger partial charge >= 0.3 is 0 Å². The molecule has 4 rings (SSSR count). The molecule has 7 heteroatoms. The van der Waals surface area contributed by atoms with Crippen LogP contribution in [0.1, 0.15) is 53.3 Å². The number of aromatic nitrogens is 2. The molecule has 2 amide bonds. The third-order valence-corrected chi connectivity index (χ3v) is 6.49. The number of benzene rings is 1. The second-order valence-electron chi connectivity index (χ2n) is 9.08. The van der Waals surface area contributed by atoms with E-state index in [1.54, 1.807) is 30.6 Å². The lowest BCUT2D eigenvalue weighted by molar-refractivity contribution is -0.123. The summed E-state index contributed by atoms with van der Waals surface area (Å²) in [7, 11) is 2.17. The first kappa shape index (κ1) is 24.5. The van der Waals surface area contributed by atoms with Gasteiger partial charge in [-0.2, -0.15) is 0 Å². The van der Waals surface area contributed by atoms with Gasteiger partial charge < -0.3 is 15.5 Å². The average molecular weight is 472 g/mol. The molecule has 1 saturated carbocycles. The highest BCUT2D eigenvalue weighted by Gasteiger charge is 2.40. The SMILES string of the molecule is CN(CCCCC(NC(=O)c1ccccn1)C(=O)NCc1ccccn1)C1CC1c1ccccc1. The van der Waals surface area contributed by atoms with Crippen LogP contribution in [0, 0.1) is 0 Å². The fourth-order valence-corrected chi connectivity index (χ4v) is 4.40. The lowest BCUT2D eigenvalue weighted by atomic mass is 10.1. The highest BCUT2D eigenvalue weighted by atomic mass is 16.2. The maximum absolute atomic E-state index is 12.9. The Morgan fingerprint density at radius 2 is 1.71 bits per heavy atom. The molecule has 182 valence electrons. The van der Waals surface area contributed by atoms with Gasteiger partial charge in [0.1, 0.15) is 11.7 Å². The molecule has 3 unspecified atom stereocenters. The average Bonchev–Trinajstić information content (AvgIpc) is 3.72. The monoisotopic (exact) mass is 471 g/mol. The predicted octanol–water partition coefficient (Wildman–Crippen LogP) is 3.55. The van der Waals surface area contributed by atoms with Crippen molar-refractivity contribution in [2.24, 2.45) is 0 Å².